The molecule has 1 atom stereocenters. The van der Waals surface area contributed by atoms with E-state index in [1.165, 1.54) is 19.1 Å². The fourth-order valence-corrected chi connectivity index (χ4v) is 4.32. The number of methoxy groups -OCH3 is 2. The Labute approximate surface area is 194 Å². The highest BCUT2D eigenvalue weighted by Crippen LogP contribution is 2.45. The molecule has 0 radical (unpaired) electrons. The molecule has 1 heterocycles. The van der Waals surface area contributed by atoms with E-state index in [1.807, 2.05) is 36.4 Å². The molecular formula is C25H22BrNO5. The zero-order valence-electron chi connectivity index (χ0n) is 17.7. The Kier molecular flexibility index (Phi) is 6.04. The van der Waals surface area contributed by atoms with Crippen LogP contribution in [0.4, 0.5) is 5.69 Å². The third-order valence-electron chi connectivity index (χ3n) is 5.60. The monoisotopic (exact) mass is 495 g/mol. The van der Waals surface area contributed by atoms with Crippen molar-refractivity contribution in [3.8, 4) is 11.5 Å². The Morgan fingerprint density at radius 2 is 1.72 bits per heavy atom. The molecule has 32 heavy (non-hydrogen) atoms. The van der Waals surface area contributed by atoms with E-state index in [9.17, 15) is 14.7 Å². The molecule has 0 spiro atoms. The molecule has 0 aromatic heterocycles. The van der Waals surface area contributed by atoms with Crippen molar-refractivity contribution in [3.63, 3.8) is 0 Å². The lowest BCUT2D eigenvalue weighted by Crippen LogP contribution is -2.41. The summed E-state index contributed by atoms with van der Waals surface area (Å²) in [6.45, 7) is 0.293. The van der Waals surface area contributed by atoms with Gasteiger partial charge in [-0.1, -0.05) is 46.3 Å². The Bertz CT molecular complexity index is 1180. The maximum Gasteiger partial charge on any atom is 0.264 e. The predicted molar refractivity (Wildman–Crippen MR) is 124 cm³/mol. The quantitative estimate of drug-likeness (QED) is 0.489. The SMILES string of the molecule is COc1ccc(C(=O)C[C@]2(O)C(=O)N(Cc3ccccc3)c3ccc(Br)cc32)cc1OC. The molecule has 1 N–H and O–H groups in total. The lowest BCUT2D eigenvalue weighted by Gasteiger charge is -2.23. The van der Waals surface area contributed by atoms with E-state index in [-0.39, 0.29) is 5.78 Å². The average Bonchev–Trinajstić information content (AvgIpc) is 3.00. The molecule has 1 amide bonds. The number of benzene rings is 3. The number of carbonyl (C=O) groups excluding carboxylic acids is 2. The number of ketones is 1. The molecule has 1 aliphatic rings. The van der Waals surface area contributed by atoms with Crippen LogP contribution in [0, 0.1) is 0 Å². The number of halogens is 1. The third-order valence-corrected chi connectivity index (χ3v) is 6.09. The van der Waals surface area contributed by atoms with Gasteiger partial charge in [-0.2, -0.15) is 0 Å². The van der Waals surface area contributed by atoms with Crippen molar-refractivity contribution in [2.24, 2.45) is 0 Å². The molecule has 0 saturated heterocycles. The van der Waals surface area contributed by atoms with Gasteiger partial charge in [0, 0.05) is 15.6 Å². The Hall–Kier alpha value is -3.16. The van der Waals surface area contributed by atoms with E-state index in [0.717, 1.165) is 5.56 Å². The van der Waals surface area contributed by atoms with E-state index in [0.29, 0.717) is 39.3 Å². The van der Waals surface area contributed by atoms with Crippen LogP contribution in [0.3, 0.4) is 0 Å². The van der Waals surface area contributed by atoms with Crippen molar-refractivity contribution in [1.82, 2.24) is 0 Å². The second-order valence-corrected chi connectivity index (χ2v) is 8.48. The fraction of sp³-hybridized carbons (Fsp3) is 0.200. The normalized spacial score (nSPS) is 17.2. The van der Waals surface area contributed by atoms with Gasteiger partial charge >= 0.3 is 0 Å². The number of rotatable bonds is 7. The molecule has 1 aliphatic heterocycles. The number of Topliss-reactive ketones (excluding diaryl/α,β-unsaturated/α-hetero) is 1. The van der Waals surface area contributed by atoms with Crippen LogP contribution in [0.15, 0.2) is 71.2 Å². The smallest absolute Gasteiger partial charge is 0.264 e. The summed E-state index contributed by atoms with van der Waals surface area (Å²) in [4.78, 5) is 28.1. The van der Waals surface area contributed by atoms with E-state index in [1.54, 1.807) is 30.3 Å². The fourth-order valence-electron chi connectivity index (χ4n) is 3.96. The highest BCUT2D eigenvalue weighted by atomic mass is 79.9. The van der Waals surface area contributed by atoms with Gasteiger partial charge in [-0.15, -0.1) is 0 Å². The second kappa shape index (κ2) is 8.76. The Morgan fingerprint density at radius 1 is 1.00 bits per heavy atom. The van der Waals surface area contributed by atoms with Crippen LogP contribution in [0.1, 0.15) is 27.9 Å². The van der Waals surface area contributed by atoms with Crippen molar-refractivity contribution in [2.75, 3.05) is 19.1 Å². The summed E-state index contributed by atoms with van der Waals surface area (Å²) < 4.78 is 11.2. The summed E-state index contributed by atoms with van der Waals surface area (Å²) in [5.74, 6) is -0.0162. The lowest BCUT2D eigenvalue weighted by molar-refractivity contribution is -0.136. The largest absolute Gasteiger partial charge is 0.493 e. The van der Waals surface area contributed by atoms with Gasteiger partial charge < -0.3 is 19.5 Å². The summed E-state index contributed by atoms with van der Waals surface area (Å²) >= 11 is 3.41. The molecule has 3 aromatic rings. The van der Waals surface area contributed by atoms with Crippen LogP contribution in [0.5, 0.6) is 11.5 Å². The van der Waals surface area contributed by atoms with Gasteiger partial charge in [0.05, 0.1) is 32.9 Å². The van der Waals surface area contributed by atoms with Crippen LogP contribution in [-0.2, 0) is 16.9 Å². The van der Waals surface area contributed by atoms with Gasteiger partial charge in [-0.25, -0.2) is 0 Å². The zero-order valence-corrected chi connectivity index (χ0v) is 19.3. The molecule has 0 saturated carbocycles. The zero-order chi connectivity index (χ0) is 22.9. The molecule has 0 unspecified atom stereocenters. The molecule has 0 aliphatic carbocycles. The second-order valence-electron chi connectivity index (χ2n) is 7.57. The van der Waals surface area contributed by atoms with Gasteiger partial charge in [0.15, 0.2) is 22.9 Å². The first-order valence-electron chi connectivity index (χ1n) is 10.0. The summed E-state index contributed by atoms with van der Waals surface area (Å²) in [6, 6.07) is 19.6. The van der Waals surface area contributed by atoms with Crippen molar-refractivity contribution >= 4 is 33.3 Å². The molecule has 7 heteroatoms. The van der Waals surface area contributed by atoms with Crippen molar-refractivity contribution in [3.05, 3.63) is 87.9 Å². The number of nitrogens with zero attached hydrogens (tertiary/aromatic N) is 1. The minimum atomic E-state index is -1.97. The minimum absolute atomic E-state index is 0.293. The van der Waals surface area contributed by atoms with Crippen LogP contribution in [-0.4, -0.2) is 31.0 Å². The summed E-state index contributed by atoms with van der Waals surface area (Å²) in [5, 5.41) is 11.6. The Balaban J connectivity index is 1.69. The molecule has 164 valence electrons. The average molecular weight is 496 g/mol. The summed E-state index contributed by atoms with van der Waals surface area (Å²) in [5.41, 5.74) is 0.261. The number of aliphatic hydroxyl groups is 1. The molecule has 0 fully saturated rings. The minimum Gasteiger partial charge on any atom is -0.493 e. The molecule has 4 rings (SSSR count). The Morgan fingerprint density at radius 3 is 2.41 bits per heavy atom. The topological polar surface area (TPSA) is 76.1 Å². The van der Waals surface area contributed by atoms with Gasteiger partial charge in [-0.3, -0.25) is 9.59 Å². The summed E-state index contributed by atoms with van der Waals surface area (Å²) in [7, 11) is 2.99. The molecular weight excluding hydrogens is 474 g/mol. The van der Waals surface area contributed by atoms with Gasteiger partial charge in [0.1, 0.15) is 0 Å². The number of ether oxygens (including phenoxy) is 2. The number of amides is 1. The van der Waals surface area contributed by atoms with Gasteiger partial charge in [-0.05, 0) is 42.0 Å². The van der Waals surface area contributed by atoms with E-state index >= 15 is 0 Å². The van der Waals surface area contributed by atoms with Crippen molar-refractivity contribution in [2.45, 2.75) is 18.6 Å². The van der Waals surface area contributed by atoms with Crippen LogP contribution in [0.25, 0.3) is 0 Å². The van der Waals surface area contributed by atoms with E-state index < -0.39 is 17.9 Å². The number of fused-ring (bicyclic) bond motifs is 1. The standard InChI is InChI=1S/C25H22BrNO5/c1-31-22-11-8-17(12-23(22)32-2)21(28)14-25(30)19-13-18(26)9-10-20(19)27(24(25)29)15-16-6-4-3-5-7-16/h3-13,30H,14-15H2,1-2H3/t25-/m1/s1. The number of anilines is 1. The number of hydrogen-bond donors (Lipinski definition) is 1. The highest BCUT2D eigenvalue weighted by Gasteiger charge is 2.51. The van der Waals surface area contributed by atoms with Crippen LogP contribution in [0.2, 0.25) is 0 Å². The maximum absolute atomic E-state index is 13.5. The number of carbonyl (C=O) groups is 2. The first-order chi connectivity index (χ1) is 15.4. The maximum atomic E-state index is 13.5. The molecule has 0 bridgehead atoms. The van der Waals surface area contributed by atoms with Gasteiger partial charge in [0.25, 0.3) is 5.91 Å². The van der Waals surface area contributed by atoms with Crippen molar-refractivity contribution < 1.29 is 24.2 Å². The summed E-state index contributed by atoms with van der Waals surface area (Å²) in [6.07, 6.45) is -0.393. The first-order valence-corrected chi connectivity index (χ1v) is 10.8. The molecule has 3 aromatic carbocycles. The van der Waals surface area contributed by atoms with Gasteiger partial charge in [0.2, 0.25) is 0 Å². The third kappa shape index (κ3) is 3.89. The van der Waals surface area contributed by atoms with Crippen LogP contribution >= 0.6 is 15.9 Å². The van der Waals surface area contributed by atoms with Crippen molar-refractivity contribution in [1.29, 1.82) is 0 Å². The predicted octanol–water partition coefficient (Wildman–Crippen LogP) is 4.47. The van der Waals surface area contributed by atoms with E-state index in [2.05, 4.69) is 15.9 Å². The number of hydrogen-bond acceptors (Lipinski definition) is 5. The van der Waals surface area contributed by atoms with E-state index in [4.69, 9.17) is 9.47 Å². The highest BCUT2D eigenvalue weighted by molar-refractivity contribution is 9.10. The first kappa shape index (κ1) is 22.0. The van der Waals surface area contributed by atoms with Crippen LogP contribution < -0.4 is 14.4 Å². The molecule has 6 nitrogen and oxygen atoms in total. The lowest BCUT2D eigenvalue weighted by atomic mass is 9.88.